The first-order chi connectivity index (χ1) is 11.7. The fourth-order valence-electron chi connectivity index (χ4n) is 2.76. The maximum atomic E-state index is 12.7. The third kappa shape index (κ3) is 3.77. The van der Waals surface area contributed by atoms with E-state index in [2.05, 4.69) is 9.97 Å². The lowest BCUT2D eigenvalue weighted by molar-refractivity contribution is -0.0248. The molecular weight excluding hydrogens is 306 g/mol. The van der Waals surface area contributed by atoms with E-state index >= 15 is 0 Å². The minimum Gasteiger partial charge on any atom is -0.380 e. The van der Waals surface area contributed by atoms with Crippen LogP contribution < -0.4 is 0 Å². The third-order valence-corrected chi connectivity index (χ3v) is 3.99. The van der Waals surface area contributed by atoms with Crippen molar-refractivity contribution in [3.8, 4) is 0 Å². The molecule has 24 heavy (non-hydrogen) atoms. The van der Waals surface area contributed by atoms with Crippen LogP contribution in [0, 0.1) is 6.92 Å². The summed E-state index contributed by atoms with van der Waals surface area (Å²) in [4.78, 5) is 23.0. The van der Waals surface area contributed by atoms with Gasteiger partial charge in [-0.05, 0) is 30.7 Å². The number of methoxy groups -OCH3 is 1. The monoisotopic (exact) mass is 327 g/mol. The number of amides is 1. The van der Waals surface area contributed by atoms with Crippen LogP contribution >= 0.6 is 0 Å². The molecule has 6 nitrogen and oxygen atoms in total. The van der Waals surface area contributed by atoms with Gasteiger partial charge >= 0.3 is 0 Å². The number of aryl methyl sites for hydroxylation is 1. The summed E-state index contributed by atoms with van der Waals surface area (Å²) in [5.41, 5.74) is 2.54. The van der Waals surface area contributed by atoms with Crippen molar-refractivity contribution in [1.82, 2.24) is 14.9 Å². The Hall–Kier alpha value is -2.31. The number of benzene rings is 1. The van der Waals surface area contributed by atoms with E-state index in [0.717, 1.165) is 11.3 Å². The molecule has 1 aromatic heterocycles. The van der Waals surface area contributed by atoms with Crippen LogP contribution in [0.25, 0.3) is 0 Å². The Bertz CT molecular complexity index is 703. The van der Waals surface area contributed by atoms with E-state index in [0.29, 0.717) is 37.7 Å². The van der Waals surface area contributed by atoms with E-state index in [-0.39, 0.29) is 12.0 Å². The number of hydrogen-bond donors (Lipinski definition) is 0. The highest BCUT2D eigenvalue weighted by molar-refractivity contribution is 5.94. The van der Waals surface area contributed by atoms with Crippen LogP contribution in [-0.4, -0.2) is 47.6 Å². The second kappa shape index (κ2) is 7.51. The first-order valence-corrected chi connectivity index (χ1v) is 7.95. The quantitative estimate of drug-likeness (QED) is 0.861. The normalized spacial score (nSPS) is 17.8. The van der Waals surface area contributed by atoms with E-state index < -0.39 is 0 Å². The van der Waals surface area contributed by atoms with Gasteiger partial charge in [0.1, 0.15) is 11.9 Å². The molecule has 0 spiro atoms. The average Bonchev–Trinajstić information content (AvgIpc) is 2.62. The number of carbonyl (C=O) groups excluding carboxylic acids is 1. The number of hydrogen-bond acceptors (Lipinski definition) is 5. The molecule has 2 aromatic rings. The Labute approximate surface area is 141 Å². The number of morpholine rings is 1. The highest BCUT2D eigenvalue weighted by Gasteiger charge is 2.27. The third-order valence-electron chi connectivity index (χ3n) is 3.99. The van der Waals surface area contributed by atoms with Gasteiger partial charge in [-0.2, -0.15) is 0 Å². The summed E-state index contributed by atoms with van der Waals surface area (Å²) >= 11 is 0. The van der Waals surface area contributed by atoms with Crippen molar-refractivity contribution in [1.29, 1.82) is 0 Å². The highest BCUT2D eigenvalue weighted by Crippen LogP contribution is 2.22. The molecule has 1 aromatic carbocycles. The van der Waals surface area contributed by atoms with Gasteiger partial charge in [0.2, 0.25) is 0 Å². The Kier molecular flexibility index (Phi) is 5.17. The smallest absolute Gasteiger partial charge is 0.254 e. The van der Waals surface area contributed by atoms with E-state index in [1.165, 1.54) is 0 Å². The van der Waals surface area contributed by atoms with Crippen LogP contribution in [0.4, 0.5) is 0 Å². The summed E-state index contributed by atoms with van der Waals surface area (Å²) in [7, 11) is 1.65. The molecule has 0 bridgehead atoms. The number of rotatable bonds is 4. The van der Waals surface area contributed by atoms with Crippen LogP contribution in [-0.2, 0) is 16.1 Å². The minimum absolute atomic E-state index is 0.0121. The topological polar surface area (TPSA) is 64.5 Å². The highest BCUT2D eigenvalue weighted by atomic mass is 16.5. The summed E-state index contributed by atoms with van der Waals surface area (Å²) in [5.74, 6) is 0.714. The number of ether oxygens (including phenoxy) is 2. The van der Waals surface area contributed by atoms with Gasteiger partial charge in [0.25, 0.3) is 5.91 Å². The zero-order chi connectivity index (χ0) is 16.9. The summed E-state index contributed by atoms with van der Waals surface area (Å²) in [6, 6.07) is 9.36. The van der Waals surface area contributed by atoms with Crippen LogP contribution in [0.5, 0.6) is 0 Å². The molecule has 6 heteroatoms. The molecule has 1 amide bonds. The van der Waals surface area contributed by atoms with E-state index in [1.54, 1.807) is 13.3 Å². The predicted octanol–water partition coefficient (Wildman–Crippen LogP) is 2.15. The molecule has 126 valence electrons. The average molecular weight is 327 g/mol. The Morgan fingerprint density at radius 2 is 2.12 bits per heavy atom. The maximum absolute atomic E-state index is 12.7. The Morgan fingerprint density at radius 3 is 2.83 bits per heavy atom. The summed E-state index contributed by atoms with van der Waals surface area (Å²) in [6.07, 6.45) is 1.51. The molecular formula is C18H21N3O3. The van der Waals surface area contributed by atoms with Gasteiger partial charge in [0.15, 0.2) is 0 Å². The van der Waals surface area contributed by atoms with Crippen molar-refractivity contribution < 1.29 is 14.3 Å². The van der Waals surface area contributed by atoms with E-state index in [1.807, 2.05) is 42.2 Å². The van der Waals surface area contributed by atoms with Crippen LogP contribution in [0.1, 0.15) is 33.5 Å². The lowest BCUT2D eigenvalue weighted by Gasteiger charge is -2.32. The Morgan fingerprint density at radius 1 is 1.33 bits per heavy atom. The van der Waals surface area contributed by atoms with Crippen molar-refractivity contribution in [2.75, 3.05) is 26.8 Å². The first kappa shape index (κ1) is 16.5. The minimum atomic E-state index is -0.211. The molecule has 0 N–H and O–H groups in total. The summed E-state index contributed by atoms with van der Waals surface area (Å²) in [6.45, 7) is 3.97. The van der Waals surface area contributed by atoms with E-state index in [9.17, 15) is 4.79 Å². The summed E-state index contributed by atoms with van der Waals surface area (Å²) in [5, 5.41) is 0. The van der Waals surface area contributed by atoms with E-state index in [4.69, 9.17) is 9.47 Å². The zero-order valence-corrected chi connectivity index (χ0v) is 13.9. The van der Waals surface area contributed by atoms with Crippen molar-refractivity contribution in [2.45, 2.75) is 19.6 Å². The van der Waals surface area contributed by atoms with Crippen molar-refractivity contribution in [2.24, 2.45) is 0 Å². The molecule has 2 heterocycles. The SMILES string of the molecule is COCc1ccc(C(=O)N2CCOC(c3ccnc(C)n3)C2)cc1. The lowest BCUT2D eigenvalue weighted by Crippen LogP contribution is -2.42. The second-order valence-corrected chi connectivity index (χ2v) is 5.77. The molecule has 0 radical (unpaired) electrons. The van der Waals surface area contributed by atoms with Gasteiger partial charge in [-0.15, -0.1) is 0 Å². The van der Waals surface area contributed by atoms with Gasteiger partial charge in [-0.1, -0.05) is 12.1 Å². The van der Waals surface area contributed by atoms with Gasteiger partial charge < -0.3 is 14.4 Å². The van der Waals surface area contributed by atoms with Gasteiger partial charge in [0, 0.05) is 25.4 Å². The number of carbonyl (C=O) groups is 1. The lowest BCUT2D eigenvalue weighted by atomic mass is 10.1. The molecule has 1 aliphatic heterocycles. The molecule has 1 fully saturated rings. The van der Waals surface area contributed by atoms with Crippen molar-refractivity contribution in [3.63, 3.8) is 0 Å². The van der Waals surface area contributed by atoms with Crippen LogP contribution in [0.15, 0.2) is 36.5 Å². The van der Waals surface area contributed by atoms with Crippen LogP contribution in [0.2, 0.25) is 0 Å². The molecule has 0 aliphatic carbocycles. The predicted molar refractivity (Wildman–Crippen MR) is 88.5 cm³/mol. The molecule has 1 saturated heterocycles. The number of aromatic nitrogens is 2. The second-order valence-electron chi connectivity index (χ2n) is 5.77. The maximum Gasteiger partial charge on any atom is 0.254 e. The zero-order valence-electron chi connectivity index (χ0n) is 13.9. The fourth-order valence-corrected chi connectivity index (χ4v) is 2.76. The molecule has 1 atom stereocenters. The van der Waals surface area contributed by atoms with Crippen molar-refractivity contribution in [3.05, 3.63) is 59.2 Å². The van der Waals surface area contributed by atoms with Gasteiger partial charge in [0.05, 0.1) is 25.5 Å². The standard InChI is InChI=1S/C18H21N3O3/c1-13-19-8-7-16(20-13)17-11-21(9-10-24-17)18(22)15-5-3-14(4-6-15)12-23-2/h3-8,17H,9-12H2,1-2H3. The molecule has 1 unspecified atom stereocenters. The summed E-state index contributed by atoms with van der Waals surface area (Å²) < 4.78 is 10.9. The van der Waals surface area contributed by atoms with Crippen molar-refractivity contribution >= 4 is 5.91 Å². The largest absolute Gasteiger partial charge is 0.380 e. The first-order valence-electron chi connectivity index (χ1n) is 7.95. The Balaban J connectivity index is 1.70. The van der Waals surface area contributed by atoms with Gasteiger partial charge in [-0.3, -0.25) is 4.79 Å². The fraction of sp³-hybridized carbons (Fsp3) is 0.389. The van der Waals surface area contributed by atoms with Gasteiger partial charge in [-0.25, -0.2) is 9.97 Å². The number of nitrogens with zero attached hydrogens (tertiary/aromatic N) is 3. The molecule has 0 saturated carbocycles. The molecule has 3 rings (SSSR count). The van der Waals surface area contributed by atoms with Crippen LogP contribution in [0.3, 0.4) is 0 Å². The molecule has 1 aliphatic rings.